The first-order valence-corrected chi connectivity index (χ1v) is 6.75. The number of hydrogen-bond donors (Lipinski definition) is 0. The summed E-state index contributed by atoms with van der Waals surface area (Å²) in [6.45, 7) is 0.497. The molecular weight excluding hydrogens is 295 g/mol. The molecule has 0 radical (unpaired) electrons. The van der Waals surface area contributed by atoms with Gasteiger partial charge in [-0.05, 0) is 22.9 Å². The van der Waals surface area contributed by atoms with Crippen molar-refractivity contribution in [1.82, 2.24) is 20.2 Å². The zero-order valence-electron chi connectivity index (χ0n) is 10.4. The van der Waals surface area contributed by atoms with Crippen LogP contribution < -0.4 is 0 Å². The van der Waals surface area contributed by atoms with Gasteiger partial charge < -0.3 is 0 Å². The summed E-state index contributed by atoms with van der Waals surface area (Å²) in [5.41, 5.74) is 1.91. The maximum atomic E-state index is 5.98. The van der Waals surface area contributed by atoms with Gasteiger partial charge in [0.25, 0.3) is 0 Å². The molecule has 100 valence electrons. The Hall–Kier alpha value is -1.91. The minimum absolute atomic E-state index is 0.497. The second-order valence-electron chi connectivity index (χ2n) is 4.26. The number of hydrogen-bond acceptors (Lipinski definition) is 3. The molecule has 1 aromatic heterocycles. The lowest BCUT2D eigenvalue weighted by molar-refractivity contribution is 0.573. The molecule has 4 nitrogen and oxygen atoms in total. The van der Waals surface area contributed by atoms with E-state index in [2.05, 4.69) is 15.4 Å². The second kappa shape index (κ2) is 5.61. The molecule has 0 saturated carbocycles. The van der Waals surface area contributed by atoms with Crippen molar-refractivity contribution in [3.63, 3.8) is 0 Å². The summed E-state index contributed by atoms with van der Waals surface area (Å²) in [6, 6.07) is 15.2. The topological polar surface area (TPSA) is 43.6 Å². The molecule has 0 aliphatic rings. The molecule has 0 amide bonds. The molecule has 0 unspecified atom stereocenters. The van der Waals surface area contributed by atoms with Gasteiger partial charge in [-0.25, -0.2) is 0 Å². The summed E-state index contributed by atoms with van der Waals surface area (Å²) in [4.78, 5) is 1.53. The Bertz CT molecular complexity index is 725. The molecule has 2 aromatic carbocycles. The van der Waals surface area contributed by atoms with Crippen LogP contribution in [0.15, 0.2) is 48.5 Å². The van der Waals surface area contributed by atoms with E-state index >= 15 is 0 Å². The predicted octanol–water partition coefficient (Wildman–Crippen LogP) is 3.70. The third kappa shape index (κ3) is 2.81. The number of halogens is 2. The molecule has 0 bridgehead atoms. The average Bonchev–Trinajstić information content (AvgIpc) is 2.92. The van der Waals surface area contributed by atoms with E-state index in [-0.39, 0.29) is 0 Å². The van der Waals surface area contributed by atoms with Gasteiger partial charge in [0.2, 0.25) is 5.82 Å². The van der Waals surface area contributed by atoms with E-state index in [0.717, 1.165) is 11.1 Å². The van der Waals surface area contributed by atoms with Crippen LogP contribution in [-0.2, 0) is 6.54 Å². The Morgan fingerprint density at radius 2 is 1.75 bits per heavy atom. The van der Waals surface area contributed by atoms with Crippen molar-refractivity contribution in [2.24, 2.45) is 0 Å². The summed E-state index contributed by atoms with van der Waals surface area (Å²) >= 11 is 11.9. The van der Waals surface area contributed by atoms with Crippen molar-refractivity contribution < 1.29 is 0 Å². The zero-order valence-corrected chi connectivity index (χ0v) is 11.9. The number of nitrogens with zero attached hydrogens (tertiary/aromatic N) is 4. The number of benzene rings is 2. The first kappa shape index (κ1) is 13.1. The van der Waals surface area contributed by atoms with Crippen molar-refractivity contribution in [1.29, 1.82) is 0 Å². The van der Waals surface area contributed by atoms with Gasteiger partial charge in [-0.2, -0.15) is 4.80 Å². The molecule has 3 rings (SSSR count). The van der Waals surface area contributed by atoms with Crippen molar-refractivity contribution in [2.45, 2.75) is 6.54 Å². The van der Waals surface area contributed by atoms with Gasteiger partial charge in [-0.3, -0.25) is 0 Å². The third-order valence-electron chi connectivity index (χ3n) is 2.79. The summed E-state index contributed by atoms with van der Waals surface area (Å²) < 4.78 is 0. The monoisotopic (exact) mass is 304 g/mol. The van der Waals surface area contributed by atoms with Gasteiger partial charge in [-0.1, -0.05) is 59.6 Å². The van der Waals surface area contributed by atoms with Gasteiger partial charge in [0, 0.05) is 5.56 Å². The SMILES string of the molecule is Clc1ccc(Cn2nnc(-c3ccccc3)n2)cc1Cl. The molecule has 1 heterocycles. The van der Waals surface area contributed by atoms with Crippen LogP contribution >= 0.6 is 23.2 Å². The van der Waals surface area contributed by atoms with E-state index in [4.69, 9.17) is 23.2 Å². The van der Waals surface area contributed by atoms with Crippen molar-refractivity contribution in [3.8, 4) is 11.4 Å². The summed E-state index contributed by atoms with van der Waals surface area (Å²) in [5.74, 6) is 0.602. The van der Waals surface area contributed by atoms with Crippen LogP contribution in [0.4, 0.5) is 0 Å². The third-order valence-corrected chi connectivity index (χ3v) is 3.53. The van der Waals surface area contributed by atoms with Gasteiger partial charge in [0.15, 0.2) is 0 Å². The molecule has 0 atom stereocenters. The Kier molecular flexibility index (Phi) is 3.67. The minimum Gasteiger partial charge on any atom is -0.159 e. The Balaban J connectivity index is 1.82. The predicted molar refractivity (Wildman–Crippen MR) is 78.8 cm³/mol. The highest BCUT2D eigenvalue weighted by atomic mass is 35.5. The van der Waals surface area contributed by atoms with Crippen LogP contribution in [0.2, 0.25) is 10.0 Å². The highest BCUT2D eigenvalue weighted by molar-refractivity contribution is 6.42. The van der Waals surface area contributed by atoms with Crippen LogP contribution in [0, 0.1) is 0 Å². The van der Waals surface area contributed by atoms with Crippen LogP contribution in [0.3, 0.4) is 0 Å². The molecule has 0 aliphatic heterocycles. The van der Waals surface area contributed by atoms with Crippen molar-refractivity contribution in [2.75, 3.05) is 0 Å². The van der Waals surface area contributed by atoms with Crippen molar-refractivity contribution >= 4 is 23.2 Å². The second-order valence-corrected chi connectivity index (χ2v) is 5.07. The molecule has 3 aromatic rings. The van der Waals surface area contributed by atoms with E-state index in [1.54, 1.807) is 12.1 Å². The lowest BCUT2D eigenvalue weighted by Crippen LogP contribution is -2.04. The highest BCUT2D eigenvalue weighted by Gasteiger charge is 2.06. The number of rotatable bonds is 3. The van der Waals surface area contributed by atoms with Gasteiger partial charge in [0.1, 0.15) is 0 Å². The Morgan fingerprint density at radius 3 is 2.50 bits per heavy atom. The average molecular weight is 305 g/mol. The quantitative estimate of drug-likeness (QED) is 0.741. The van der Waals surface area contributed by atoms with Crippen LogP contribution in [0.25, 0.3) is 11.4 Å². The molecule has 0 fully saturated rings. The smallest absolute Gasteiger partial charge is 0.159 e. The Morgan fingerprint density at radius 1 is 0.950 bits per heavy atom. The fraction of sp³-hybridized carbons (Fsp3) is 0.0714. The maximum Gasteiger partial charge on any atom is 0.204 e. The molecule has 0 saturated heterocycles. The van der Waals surface area contributed by atoms with Crippen LogP contribution in [0.5, 0.6) is 0 Å². The van der Waals surface area contributed by atoms with E-state index in [1.165, 1.54) is 4.80 Å². The van der Waals surface area contributed by atoms with Gasteiger partial charge in [0.05, 0.1) is 16.6 Å². The largest absolute Gasteiger partial charge is 0.204 e. The molecule has 0 N–H and O–H groups in total. The highest BCUT2D eigenvalue weighted by Crippen LogP contribution is 2.22. The molecule has 0 aliphatic carbocycles. The lowest BCUT2D eigenvalue weighted by Gasteiger charge is -2.01. The first-order chi connectivity index (χ1) is 9.72. The summed E-state index contributed by atoms with van der Waals surface area (Å²) in [5, 5.41) is 13.5. The number of tetrazole rings is 1. The number of aromatic nitrogens is 4. The lowest BCUT2D eigenvalue weighted by atomic mass is 10.2. The van der Waals surface area contributed by atoms with E-state index in [9.17, 15) is 0 Å². The molecule has 6 heteroatoms. The summed E-state index contributed by atoms with van der Waals surface area (Å²) in [7, 11) is 0. The van der Waals surface area contributed by atoms with E-state index in [0.29, 0.717) is 22.4 Å². The normalized spacial score (nSPS) is 10.7. The van der Waals surface area contributed by atoms with E-state index < -0.39 is 0 Å². The zero-order chi connectivity index (χ0) is 13.9. The van der Waals surface area contributed by atoms with Crippen molar-refractivity contribution in [3.05, 3.63) is 64.1 Å². The summed E-state index contributed by atoms with van der Waals surface area (Å²) in [6.07, 6.45) is 0. The molecule has 20 heavy (non-hydrogen) atoms. The maximum absolute atomic E-state index is 5.98. The van der Waals surface area contributed by atoms with Crippen LogP contribution in [-0.4, -0.2) is 20.2 Å². The fourth-order valence-electron chi connectivity index (χ4n) is 1.81. The Labute approximate surface area is 126 Å². The van der Waals surface area contributed by atoms with Gasteiger partial charge >= 0.3 is 0 Å². The molecular formula is C14H10Cl2N4. The van der Waals surface area contributed by atoms with Gasteiger partial charge in [-0.15, -0.1) is 10.2 Å². The van der Waals surface area contributed by atoms with Crippen LogP contribution in [0.1, 0.15) is 5.56 Å². The standard InChI is InChI=1S/C14H10Cl2N4/c15-12-7-6-10(8-13(12)16)9-20-18-14(17-19-20)11-4-2-1-3-5-11/h1-8H,9H2. The fourth-order valence-corrected chi connectivity index (χ4v) is 2.13. The first-order valence-electron chi connectivity index (χ1n) is 5.99. The van der Waals surface area contributed by atoms with E-state index in [1.807, 2.05) is 36.4 Å². The molecule has 0 spiro atoms. The minimum atomic E-state index is 0.497.